The summed E-state index contributed by atoms with van der Waals surface area (Å²) in [5, 5.41) is 12.9. The highest BCUT2D eigenvalue weighted by atomic mass is 16.4. The van der Waals surface area contributed by atoms with Crippen LogP contribution in [0.2, 0.25) is 0 Å². The van der Waals surface area contributed by atoms with Crippen molar-refractivity contribution in [3.05, 3.63) is 17.0 Å². The van der Waals surface area contributed by atoms with Gasteiger partial charge in [0.05, 0.1) is 5.69 Å². The Balaban J connectivity index is 3.45. The highest BCUT2D eigenvalue weighted by Gasteiger charge is 2.23. The molecule has 14 heavy (non-hydrogen) atoms. The third-order valence-corrected chi connectivity index (χ3v) is 1.99. The summed E-state index contributed by atoms with van der Waals surface area (Å²) in [6, 6.07) is 0. The summed E-state index contributed by atoms with van der Waals surface area (Å²) in [6.45, 7) is 3.67. The van der Waals surface area contributed by atoms with Crippen LogP contribution in [0.15, 0.2) is 0 Å². The maximum atomic E-state index is 10.9. The van der Waals surface area contributed by atoms with E-state index in [0.29, 0.717) is 12.0 Å². The van der Waals surface area contributed by atoms with Crippen LogP contribution in [0.4, 0.5) is 0 Å². The molecule has 0 spiro atoms. The van der Waals surface area contributed by atoms with Crippen LogP contribution in [-0.2, 0) is 7.05 Å². The molecule has 0 aromatic carbocycles. The largest absolute Gasteiger partial charge is 0.478 e. The van der Waals surface area contributed by atoms with Crippen molar-refractivity contribution in [3.8, 4) is 0 Å². The van der Waals surface area contributed by atoms with Gasteiger partial charge in [0.25, 0.3) is 0 Å². The quantitative estimate of drug-likeness (QED) is 0.733. The molecular formula is C9H12N2O3. The molecule has 5 heteroatoms. The molecule has 5 nitrogen and oxygen atoms in total. The van der Waals surface area contributed by atoms with E-state index >= 15 is 0 Å². The van der Waals surface area contributed by atoms with Crippen molar-refractivity contribution in [1.82, 2.24) is 9.78 Å². The first-order chi connectivity index (χ1) is 6.49. The SMILES string of the molecule is CC(C)c1nn(C)c(C=O)c1C(=O)O. The Morgan fingerprint density at radius 1 is 1.57 bits per heavy atom. The number of carboxylic acids is 1. The van der Waals surface area contributed by atoms with Gasteiger partial charge in [0.15, 0.2) is 6.29 Å². The Bertz CT molecular complexity index is 380. The maximum Gasteiger partial charge on any atom is 0.339 e. The van der Waals surface area contributed by atoms with Crippen LogP contribution in [0.5, 0.6) is 0 Å². The summed E-state index contributed by atoms with van der Waals surface area (Å²) in [5.41, 5.74) is 0.570. The lowest BCUT2D eigenvalue weighted by molar-refractivity contribution is 0.0692. The van der Waals surface area contributed by atoms with Gasteiger partial charge in [-0.05, 0) is 5.92 Å². The van der Waals surface area contributed by atoms with Crippen LogP contribution in [0.1, 0.15) is 46.3 Å². The lowest BCUT2D eigenvalue weighted by Crippen LogP contribution is -2.05. The fourth-order valence-corrected chi connectivity index (χ4v) is 1.32. The summed E-state index contributed by atoms with van der Waals surface area (Å²) >= 11 is 0. The van der Waals surface area contributed by atoms with E-state index in [4.69, 9.17) is 5.11 Å². The molecule has 1 heterocycles. The summed E-state index contributed by atoms with van der Waals surface area (Å²) in [4.78, 5) is 21.6. The number of carboxylic acid groups (broad SMARTS) is 1. The minimum Gasteiger partial charge on any atom is -0.478 e. The van der Waals surface area contributed by atoms with Crippen LogP contribution in [0.25, 0.3) is 0 Å². The van der Waals surface area contributed by atoms with Crippen molar-refractivity contribution in [2.75, 3.05) is 0 Å². The van der Waals surface area contributed by atoms with Gasteiger partial charge in [-0.25, -0.2) is 4.79 Å². The Morgan fingerprint density at radius 2 is 2.14 bits per heavy atom. The van der Waals surface area contributed by atoms with Crippen molar-refractivity contribution < 1.29 is 14.7 Å². The van der Waals surface area contributed by atoms with E-state index in [-0.39, 0.29) is 17.2 Å². The van der Waals surface area contributed by atoms with Gasteiger partial charge >= 0.3 is 5.97 Å². The molecule has 0 fully saturated rings. The van der Waals surface area contributed by atoms with Gasteiger partial charge < -0.3 is 5.11 Å². The minimum atomic E-state index is -1.11. The Hall–Kier alpha value is -1.65. The summed E-state index contributed by atoms with van der Waals surface area (Å²) < 4.78 is 1.30. The van der Waals surface area contributed by atoms with E-state index in [9.17, 15) is 9.59 Å². The highest BCUT2D eigenvalue weighted by Crippen LogP contribution is 2.20. The maximum absolute atomic E-state index is 10.9. The standard InChI is InChI=1S/C9H12N2O3/c1-5(2)8-7(9(13)14)6(4-12)11(3)10-8/h4-5H,1-3H3,(H,13,14). The number of aromatic nitrogens is 2. The number of rotatable bonds is 3. The molecule has 76 valence electrons. The smallest absolute Gasteiger partial charge is 0.339 e. The van der Waals surface area contributed by atoms with Crippen molar-refractivity contribution >= 4 is 12.3 Å². The predicted molar refractivity (Wildman–Crippen MR) is 49.6 cm³/mol. The molecule has 0 saturated heterocycles. The van der Waals surface area contributed by atoms with Gasteiger partial charge in [0.1, 0.15) is 11.3 Å². The number of aldehydes is 1. The zero-order valence-corrected chi connectivity index (χ0v) is 8.31. The fraction of sp³-hybridized carbons (Fsp3) is 0.444. The Labute approximate surface area is 81.3 Å². The minimum absolute atomic E-state index is 0.0116. The molecule has 0 amide bonds. The number of carbonyl (C=O) groups is 2. The average Bonchev–Trinajstić information content (AvgIpc) is 2.42. The molecule has 0 aliphatic rings. The molecule has 1 aromatic heterocycles. The summed E-state index contributed by atoms with van der Waals surface area (Å²) in [6.07, 6.45) is 0.516. The number of carbonyl (C=O) groups excluding carboxylic acids is 1. The Morgan fingerprint density at radius 3 is 2.50 bits per heavy atom. The number of hydrogen-bond donors (Lipinski definition) is 1. The monoisotopic (exact) mass is 196 g/mol. The first-order valence-electron chi connectivity index (χ1n) is 4.24. The highest BCUT2D eigenvalue weighted by molar-refractivity contribution is 5.97. The fourth-order valence-electron chi connectivity index (χ4n) is 1.32. The molecule has 0 bridgehead atoms. The lowest BCUT2D eigenvalue weighted by Gasteiger charge is -2.00. The van der Waals surface area contributed by atoms with Gasteiger partial charge in [-0.3, -0.25) is 9.48 Å². The predicted octanol–water partition coefficient (Wildman–Crippen LogP) is 1.05. The second-order valence-electron chi connectivity index (χ2n) is 3.35. The number of hydrogen-bond acceptors (Lipinski definition) is 3. The van der Waals surface area contributed by atoms with E-state index < -0.39 is 5.97 Å². The summed E-state index contributed by atoms with van der Waals surface area (Å²) in [5.74, 6) is -1.12. The molecular weight excluding hydrogens is 184 g/mol. The van der Waals surface area contributed by atoms with Crippen molar-refractivity contribution in [2.24, 2.45) is 7.05 Å². The van der Waals surface area contributed by atoms with Gasteiger partial charge in [0.2, 0.25) is 0 Å². The van der Waals surface area contributed by atoms with Crippen molar-refractivity contribution in [1.29, 1.82) is 0 Å². The number of aromatic carboxylic acids is 1. The van der Waals surface area contributed by atoms with Crippen molar-refractivity contribution in [3.63, 3.8) is 0 Å². The van der Waals surface area contributed by atoms with E-state index in [1.54, 1.807) is 7.05 Å². The zero-order valence-electron chi connectivity index (χ0n) is 8.31. The number of aryl methyl sites for hydroxylation is 1. The molecule has 0 unspecified atom stereocenters. The third kappa shape index (κ3) is 1.53. The van der Waals surface area contributed by atoms with Gasteiger partial charge in [-0.15, -0.1) is 0 Å². The second kappa shape index (κ2) is 3.61. The van der Waals surface area contributed by atoms with Crippen LogP contribution in [-0.4, -0.2) is 27.1 Å². The first kappa shape index (κ1) is 10.4. The third-order valence-electron chi connectivity index (χ3n) is 1.99. The molecule has 0 atom stereocenters. The number of nitrogens with zero attached hydrogens (tertiary/aromatic N) is 2. The van der Waals surface area contributed by atoms with Gasteiger partial charge in [0, 0.05) is 7.05 Å². The van der Waals surface area contributed by atoms with Crippen LogP contribution in [0, 0.1) is 0 Å². The molecule has 0 radical (unpaired) electrons. The van der Waals surface area contributed by atoms with E-state index in [2.05, 4.69) is 5.10 Å². The Kier molecular flexibility index (Phi) is 2.69. The van der Waals surface area contributed by atoms with E-state index in [0.717, 1.165) is 0 Å². The van der Waals surface area contributed by atoms with Gasteiger partial charge in [-0.2, -0.15) is 5.10 Å². The second-order valence-corrected chi connectivity index (χ2v) is 3.35. The normalized spacial score (nSPS) is 10.6. The zero-order chi connectivity index (χ0) is 10.9. The van der Waals surface area contributed by atoms with Crippen molar-refractivity contribution in [2.45, 2.75) is 19.8 Å². The van der Waals surface area contributed by atoms with Gasteiger partial charge in [-0.1, -0.05) is 13.8 Å². The van der Waals surface area contributed by atoms with E-state index in [1.807, 2.05) is 13.8 Å². The molecule has 0 aliphatic heterocycles. The average molecular weight is 196 g/mol. The molecule has 0 aliphatic carbocycles. The van der Waals surface area contributed by atoms with E-state index in [1.165, 1.54) is 4.68 Å². The lowest BCUT2D eigenvalue weighted by atomic mass is 10.0. The van der Waals surface area contributed by atoms with Crippen LogP contribution in [0.3, 0.4) is 0 Å². The molecule has 1 aromatic rings. The summed E-state index contributed by atoms with van der Waals surface area (Å²) in [7, 11) is 1.56. The molecule has 0 saturated carbocycles. The van der Waals surface area contributed by atoms with Crippen LogP contribution >= 0.6 is 0 Å². The molecule has 1 N–H and O–H groups in total. The topological polar surface area (TPSA) is 72.2 Å². The first-order valence-corrected chi connectivity index (χ1v) is 4.24. The van der Waals surface area contributed by atoms with Crippen LogP contribution < -0.4 is 0 Å². The molecule has 1 rings (SSSR count).